The summed E-state index contributed by atoms with van der Waals surface area (Å²) >= 11 is 0. The number of amides is 1. The smallest absolute Gasteiger partial charge is 0.242 e. The summed E-state index contributed by atoms with van der Waals surface area (Å²) < 4.78 is 38.1. The third kappa shape index (κ3) is 3.48. The molecule has 1 atom stereocenters. The SMILES string of the molecule is COc1cc(S(=O)(=O)C2CC2)c2cnn([C@H](CC3CCOCC3)C(N)=O)c2c1. The van der Waals surface area contributed by atoms with Gasteiger partial charge in [-0.3, -0.25) is 9.48 Å². The number of hydrogen-bond donors (Lipinski definition) is 1. The molecule has 1 aromatic heterocycles. The summed E-state index contributed by atoms with van der Waals surface area (Å²) in [6, 6.07) is 2.61. The fraction of sp³-hybridized carbons (Fsp3) is 0.579. The molecular weight excluding hydrogens is 382 g/mol. The van der Waals surface area contributed by atoms with Gasteiger partial charge in [0.15, 0.2) is 9.84 Å². The number of primary amides is 1. The van der Waals surface area contributed by atoms with E-state index in [9.17, 15) is 13.2 Å². The van der Waals surface area contributed by atoms with Gasteiger partial charge in [-0.2, -0.15) is 5.10 Å². The van der Waals surface area contributed by atoms with Gasteiger partial charge in [-0.05, 0) is 44.1 Å². The van der Waals surface area contributed by atoms with Crippen LogP contribution in [0.1, 0.15) is 38.1 Å². The maximum Gasteiger partial charge on any atom is 0.242 e. The Morgan fingerprint density at radius 2 is 2.04 bits per heavy atom. The summed E-state index contributed by atoms with van der Waals surface area (Å²) in [6.07, 6.45) is 5.15. The molecule has 8 nitrogen and oxygen atoms in total. The number of benzene rings is 1. The summed E-state index contributed by atoms with van der Waals surface area (Å²) in [5.74, 6) is 0.249. The highest BCUT2D eigenvalue weighted by atomic mass is 32.2. The van der Waals surface area contributed by atoms with Gasteiger partial charge in [0.25, 0.3) is 0 Å². The molecule has 1 amide bonds. The highest BCUT2D eigenvalue weighted by Crippen LogP contribution is 2.39. The lowest BCUT2D eigenvalue weighted by Crippen LogP contribution is -2.30. The Labute approximate surface area is 163 Å². The number of hydrogen-bond acceptors (Lipinski definition) is 6. The minimum Gasteiger partial charge on any atom is -0.497 e. The lowest BCUT2D eigenvalue weighted by atomic mass is 9.92. The molecule has 1 aromatic carbocycles. The molecule has 9 heteroatoms. The van der Waals surface area contributed by atoms with Gasteiger partial charge in [-0.25, -0.2) is 8.42 Å². The van der Waals surface area contributed by atoms with Crippen LogP contribution < -0.4 is 10.5 Å². The number of methoxy groups -OCH3 is 1. The molecule has 1 aliphatic carbocycles. The van der Waals surface area contributed by atoms with Crippen molar-refractivity contribution in [3.63, 3.8) is 0 Å². The van der Waals surface area contributed by atoms with Gasteiger partial charge in [-0.15, -0.1) is 0 Å². The van der Waals surface area contributed by atoms with Crippen molar-refractivity contribution in [1.29, 1.82) is 0 Å². The number of fused-ring (bicyclic) bond motifs is 1. The zero-order valence-electron chi connectivity index (χ0n) is 15.8. The predicted octanol–water partition coefficient (Wildman–Crippen LogP) is 1.82. The Hall–Kier alpha value is -2.13. The van der Waals surface area contributed by atoms with Crippen LogP contribution in [-0.4, -0.2) is 49.7 Å². The lowest BCUT2D eigenvalue weighted by molar-refractivity contribution is -0.122. The van der Waals surface area contributed by atoms with Crippen molar-refractivity contribution in [1.82, 2.24) is 9.78 Å². The molecule has 2 aliphatic rings. The third-order valence-electron chi connectivity index (χ3n) is 5.68. The predicted molar refractivity (Wildman–Crippen MR) is 103 cm³/mol. The number of carbonyl (C=O) groups is 1. The van der Waals surface area contributed by atoms with E-state index in [2.05, 4.69) is 5.10 Å². The molecular formula is C19H25N3O5S. The van der Waals surface area contributed by atoms with Gasteiger partial charge in [0.1, 0.15) is 11.8 Å². The highest BCUT2D eigenvalue weighted by Gasteiger charge is 2.39. The van der Waals surface area contributed by atoms with E-state index in [1.807, 2.05) is 0 Å². The number of rotatable bonds is 7. The summed E-state index contributed by atoms with van der Waals surface area (Å²) in [7, 11) is -1.96. The normalized spacial score (nSPS) is 19.6. The average Bonchev–Trinajstić information content (AvgIpc) is 3.47. The number of aromatic nitrogens is 2. The average molecular weight is 407 g/mol. The molecule has 2 aromatic rings. The van der Waals surface area contributed by atoms with Crippen LogP contribution in [0.15, 0.2) is 23.2 Å². The van der Waals surface area contributed by atoms with E-state index in [0.29, 0.717) is 55.0 Å². The molecule has 0 unspecified atom stereocenters. The molecule has 2 N–H and O–H groups in total. The Morgan fingerprint density at radius 3 is 2.64 bits per heavy atom. The molecule has 1 saturated carbocycles. The molecule has 28 heavy (non-hydrogen) atoms. The van der Waals surface area contributed by atoms with Crippen LogP contribution in [0.5, 0.6) is 5.75 Å². The van der Waals surface area contributed by atoms with Crippen LogP contribution >= 0.6 is 0 Å². The van der Waals surface area contributed by atoms with Crippen LogP contribution in [-0.2, 0) is 19.4 Å². The minimum absolute atomic E-state index is 0.213. The van der Waals surface area contributed by atoms with Crippen molar-refractivity contribution in [3.8, 4) is 5.75 Å². The van der Waals surface area contributed by atoms with E-state index in [1.165, 1.54) is 13.3 Å². The van der Waals surface area contributed by atoms with E-state index in [0.717, 1.165) is 12.8 Å². The Morgan fingerprint density at radius 1 is 1.32 bits per heavy atom. The van der Waals surface area contributed by atoms with Crippen molar-refractivity contribution in [2.45, 2.75) is 48.3 Å². The summed E-state index contributed by atoms with van der Waals surface area (Å²) in [5.41, 5.74) is 6.26. The Kier molecular flexibility index (Phi) is 5.05. The quantitative estimate of drug-likeness (QED) is 0.749. The molecule has 4 rings (SSSR count). The number of sulfone groups is 1. The van der Waals surface area contributed by atoms with E-state index in [1.54, 1.807) is 16.8 Å². The van der Waals surface area contributed by atoms with Crippen LogP contribution in [0.3, 0.4) is 0 Å². The van der Waals surface area contributed by atoms with Crippen LogP contribution in [0.4, 0.5) is 0 Å². The molecule has 2 heterocycles. The zero-order valence-corrected chi connectivity index (χ0v) is 16.7. The molecule has 0 bridgehead atoms. The summed E-state index contributed by atoms with van der Waals surface area (Å²) in [5, 5.41) is 4.53. The topological polar surface area (TPSA) is 114 Å². The Bertz CT molecular complexity index is 990. The Balaban J connectivity index is 1.79. The molecule has 0 radical (unpaired) electrons. The first kappa shape index (κ1) is 19.2. The van der Waals surface area contributed by atoms with Gasteiger partial charge in [0.2, 0.25) is 5.91 Å². The number of nitrogens with zero attached hydrogens (tertiary/aromatic N) is 2. The third-order valence-corrected chi connectivity index (χ3v) is 7.98. The van der Waals surface area contributed by atoms with Crippen molar-refractivity contribution in [3.05, 3.63) is 18.3 Å². The second-order valence-corrected chi connectivity index (χ2v) is 9.80. The van der Waals surface area contributed by atoms with Crippen LogP contribution in [0.2, 0.25) is 0 Å². The fourth-order valence-electron chi connectivity index (χ4n) is 3.88. The maximum atomic E-state index is 12.9. The molecule has 152 valence electrons. The second kappa shape index (κ2) is 7.36. The molecule has 2 fully saturated rings. The van der Waals surface area contributed by atoms with E-state index >= 15 is 0 Å². The maximum absolute atomic E-state index is 12.9. The summed E-state index contributed by atoms with van der Waals surface area (Å²) in [4.78, 5) is 12.5. The van der Waals surface area contributed by atoms with E-state index in [-0.39, 0.29) is 10.1 Å². The summed E-state index contributed by atoms with van der Waals surface area (Å²) in [6.45, 7) is 1.35. The zero-order chi connectivity index (χ0) is 19.9. The van der Waals surface area contributed by atoms with Gasteiger partial charge in [0, 0.05) is 24.7 Å². The molecule has 1 saturated heterocycles. The largest absolute Gasteiger partial charge is 0.497 e. The number of carbonyl (C=O) groups excluding carboxylic acids is 1. The monoisotopic (exact) mass is 407 g/mol. The van der Waals surface area contributed by atoms with Crippen molar-refractivity contribution in [2.75, 3.05) is 20.3 Å². The fourth-order valence-corrected chi connectivity index (χ4v) is 5.74. The first-order valence-corrected chi connectivity index (χ1v) is 11.1. The molecule has 0 spiro atoms. The van der Waals surface area contributed by atoms with Crippen LogP contribution in [0, 0.1) is 5.92 Å². The molecule has 1 aliphatic heterocycles. The van der Waals surface area contributed by atoms with Gasteiger partial charge in [-0.1, -0.05) is 0 Å². The van der Waals surface area contributed by atoms with Gasteiger partial charge >= 0.3 is 0 Å². The first-order chi connectivity index (χ1) is 13.4. The number of nitrogens with two attached hydrogens (primary N) is 1. The van der Waals surface area contributed by atoms with Crippen molar-refractivity contribution in [2.24, 2.45) is 11.7 Å². The van der Waals surface area contributed by atoms with Crippen molar-refractivity contribution >= 4 is 26.6 Å². The van der Waals surface area contributed by atoms with Gasteiger partial charge in [0.05, 0.1) is 29.0 Å². The lowest BCUT2D eigenvalue weighted by Gasteiger charge is -2.25. The first-order valence-electron chi connectivity index (χ1n) is 9.58. The van der Waals surface area contributed by atoms with E-state index < -0.39 is 21.8 Å². The second-order valence-electron chi connectivity index (χ2n) is 7.60. The van der Waals surface area contributed by atoms with E-state index in [4.69, 9.17) is 15.2 Å². The number of ether oxygens (including phenoxy) is 2. The van der Waals surface area contributed by atoms with Gasteiger partial charge < -0.3 is 15.2 Å². The highest BCUT2D eigenvalue weighted by molar-refractivity contribution is 7.92. The van der Waals surface area contributed by atoms with Crippen LogP contribution in [0.25, 0.3) is 10.9 Å². The standard InChI is InChI=1S/C19H25N3O5S/c1-26-13-9-16-15(18(10-13)28(24,25)14-2-3-14)11-21-22(16)17(19(20)23)8-12-4-6-27-7-5-12/h9-12,14,17H,2-8H2,1H3,(H2,20,23)/t17-/m1/s1. The van der Waals surface area contributed by atoms with Crippen molar-refractivity contribution < 1.29 is 22.7 Å². The minimum atomic E-state index is -3.45.